The number of ether oxygens (including phenoxy) is 3. The second kappa shape index (κ2) is 20.3. The zero-order valence-corrected chi connectivity index (χ0v) is 33.7. The van der Waals surface area contributed by atoms with Gasteiger partial charge in [-0.15, -0.1) is 0 Å². The van der Waals surface area contributed by atoms with Crippen molar-refractivity contribution in [3.63, 3.8) is 0 Å². The number of nitrogens with one attached hydrogen (secondary N) is 4. The summed E-state index contributed by atoms with van der Waals surface area (Å²) in [5.41, 5.74) is 17.3. The van der Waals surface area contributed by atoms with Crippen LogP contribution >= 0.6 is 0 Å². The molecule has 2 aliphatic heterocycles. The summed E-state index contributed by atoms with van der Waals surface area (Å²) < 4.78 is 16.8. The minimum absolute atomic E-state index is 0.0232. The van der Waals surface area contributed by atoms with Gasteiger partial charge >= 0.3 is 11.9 Å². The largest absolute Gasteiger partial charge is 0.489 e. The lowest BCUT2D eigenvalue weighted by molar-refractivity contribution is -0.155. The van der Waals surface area contributed by atoms with E-state index in [-0.39, 0.29) is 56.0 Å². The lowest BCUT2D eigenvalue weighted by Crippen LogP contribution is -2.36. The van der Waals surface area contributed by atoms with Crippen LogP contribution in [-0.2, 0) is 59.6 Å². The quantitative estimate of drug-likeness (QED) is 0.0735. The van der Waals surface area contributed by atoms with Crippen LogP contribution in [0.2, 0.25) is 0 Å². The molecule has 2 heterocycles. The molecule has 4 aromatic carbocycles. The van der Waals surface area contributed by atoms with E-state index in [1.807, 2.05) is 42.5 Å². The summed E-state index contributed by atoms with van der Waals surface area (Å²) in [6, 6.07) is 23.6. The average Bonchev–Trinajstić information content (AvgIpc) is 3.76. The molecule has 0 spiro atoms. The summed E-state index contributed by atoms with van der Waals surface area (Å²) in [5.74, 6) is -0.966. The molecule has 16 heteroatoms. The number of hydrogen-bond acceptors (Lipinski definition) is 11. The van der Waals surface area contributed by atoms with Gasteiger partial charge in [-0.2, -0.15) is 0 Å². The molecule has 6 rings (SSSR count). The van der Waals surface area contributed by atoms with Crippen molar-refractivity contribution in [1.82, 2.24) is 0 Å². The molecule has 0 unspecified atom stereocenters. The fourth-order valence-corrected chi connectivity index (χ4v) is 6.05. The van der Waals surface area contributed by atoms with Gasteiger partial charge in [0, 0.05) is 47.7 Å². The van der Waals surface area contributed by atoms with Crippen LogP contribution in [0.5, 0.6) is 11.5 Å². The Kier molecular flexibility index (Phi) is 15.0. The fraction of sp³-hybridized carbons (Fsp3) is 0.318. The average molecular weight is 823 g/mol. The number of aliphatic carboxylic acids is 1. The number of fused-ring (bicyclic) bond motifs is 2. The molecule has 0 aliphatic carbocycles. The Hall–Kier alpha value is -6.78. The first-order valence-corrected chi connectivity index (χ1v) is 19.3. The summed E-state index contributed by atoms with van der Waals surface area (Å²) in [7, 11) is 0. The van der Waals surface area contributed by atoms with Gasteiger partial charge in [-0.25, -0.2) is 0 Å². The maximum absolute atomic E-state index is 12.4. The summed E-state index contributed by atoms with van der Waals surface area (Å²) in [4.78, 5) is 69.7. The van der Waals surface area contributed by atoms with Crippen molar-refractivity contribution in [2.75, 3.05) is 21.3 Å². The van der Waals surface area contributed by atoms with Crippen molar-refractivity contribution in [3.05, 3.63) is 107 Å². The Labute approximate surface area is 347 Å². The van der Waals surface area contributed by atoms with Crippen molar-refractivity contribution in [1.29, 1.82) is 0 Å². The SMILES string of the molecule is CC(C)(C)OC(=O)CC[C@H](N)C(=O)Nc1cccc(COc2ccc3c(c2)NC(=O)C3)c1.N[C@@H](CCC(=O)O)C(=O)Nc1cccc(COc2ccc3c(c2)NC(=O)C3)c1. The van der Waals surface area contributed by atoms with Crippen LogP contribution in [0.4, 0.5) is 22.7 Å². The van der Waals surface area contributed by atoms with Crippen molar-refractivity contribution in [3.8, 4) is 11.5 Å². The van der Waals surface area contributed by atoms with E-state index in [4.69, 9.17) is 30.8 Å². The smallest absolute Gasteiger partial charge is 0.306 e. The molecule has 0 aromatic heterocycles. The number of nitrogens with two attached hydrogens (primary N) is 2. The highest BCUT2D eigenvalue weighted by atomic mass is 16.6. The van der Waals surface area contributed by atoms with Gasteiger partial charge in [0.1, 0.15) is 30.3 Å². The number of rotatable bonds is 16. The number of esters is 1. The van der Waals surface area contributed by atoms with Crippen LogP contribution in [-0.4, -0.2) is 58.4 Å². The van der Waals surface area contributed by atoms with E-state index in [0.29, 0.717) is 42.3 Å². The van der Waals surface area contributed by atoms with E-state index in [1.165, 1.54) is 0 Å². The zero-order valence-electron chi connectivity index (χ0n) is 33.7. The fourth-order valence-electron chi connectivity index (χ4n) is 6.05. The Morgan fingerprint density at radius 3 is 1.57 bits per heavy atom. The number of carboxylic acid groups (broad SMARTS) is 1. The molecule has 2 atom stereocenters. The van der Waals surface area contributed by atoms with E-state index in [2.05, 4.69) is 21.3 Å². The Bertz CT molecular complexity index is 2240. The molecular weight excluding hydrogens is 773 g/mol. The number of amides is 4. The van der Waals surface area contributed by atoms with Crippen molar-refractivity contribution < 1.29 is 48.1 Å². The third kappa shape index (κ3) is 14.0. The molecule has 16 nitrogen and oxygen atoms in total. The number of benzene rings is 4. The molecule has 9 N–H and O–H groups in total. The first-order valence-electron chi connectivity index (χ1n) is 19.3. The molecule has 60 heavy (non-hydrogen) atoms. The summed E-state index contributed by atoms with van der Waals surface area (Å²) >= 11 is 0. The van der Waals surface area contributed by atoms with Gasteiger partial charge in [-0.05, 0) is 92.3 Å². The maximum Gasteiger partial charge on any atom is 0.306 e. The standard InChI is InChI=1S/C24H29N3O5.C20H21N3O5/c1-24(2,3)32-22(29)10-9-19(25)23(30)26-17-6-4-5-15(11-17)14-31-18-8-7-16-12-21(28)27-20(16)13-18;21-16(6-7-19(25)26)20(27)22-14-3-1-2-12(8-14)11-28-15-5-4-13-9-18(24)23-17(13)10-15/h4-8,11,13,19H,9-10,12,14,25H2,1-3H3,(H,26,30)(H,27,28);1-5,8,10,16H,6-7,9,11,21H2,(H,22,27)(H,23,24)(H,25,26)/t19-;16-/m00/s1. The molecule has 0 fully saturated rings. The van der Waals surface area contributed by atoms with Crippen LogP contribution in [0.3, 0.4) is 0 Å². The van der Waals surface area contributed by atoms with Crippen LogP contribution in [0.1, 0.15) is 68.7 Å². The van der Waals surface area contributed by atoms with Crippen molar-refractivity contribution >= 4 is 58.3 Å². The lowest BCUT2D eigenvalue weighted by atomic mass is 10.1. The molecule has 4 amide bonds. The molecule has 0 bridgehead atoms. The molecule has 0 saturated heterocycles. The van der Waals surface area contributed by atoms with E-state index >= 15 is 0 Å². The number of carbonyl (C=O) groups is 6. The number of hydrogen-bond donors (Lipinski definition) is 7. The summed E-state index contributed by atoms with van der Waals surface area (Å²) in [6.07, 6.45) is 0.936. The van der Waals surface area contributed by atoms with Crippen LogP contribution in [0.15, 0.2) is 84.9 Å². The third-order valence-corrected chi connectivity index (χ3v) is 9.04. The van der Waals surface area contributed by atoms with Crippen LogP contribution < -0.4 is 42.2 Å². The number of anilines is 4. The van der Waals surface area contributed by atoms with Gasteiger partial charge in [0.2, 0.25) is 23.6 Å². The van der Waals surface area contributed by atoms with Gasteiger partial charge in [-0.1, -0.05) is 36.4 Å². The van der Waals surface area contributed by atoms with Crippen LogP contribution in [0, 0.1) is 0 Å². The minimum Gasteiger partial charge on any atom is -0.489 e. The van der Waals surface area contributed by atoms with Gasteiger partial charge in [0.05, 0.1) is 24.9 Å². The summed E-state index contributed by atoms with van der Waals surface area (Å²) in [5, 5.41) is 19.7. The second-order valence-corrected chi connectivity index (χ2v) is 15.3. The topological polar surface area (TPSA) is 250 Å². The number of carboxylic acids is 1. The minimum atomic E-state index is -0.992. The van der Waals surface area contributed by atoms with E-state index in [0.717, 1.165) is 33.6 Å². The molecule has 4 aromatic rings. The normalized spacial score (nSPS) is 13.6. The Morgan fingerprint density at radius 1 is 0.683 bits per heavy atom. The molecule has 316 valence electrons. The van der Waals surface area contributed by atoms with Gasteiger partial charge in [-0.3, -0.25) is 28.8 Å². The highest BCUT2D eigenvalue weighted by Gasteiger charge is 2.22. The number of carbonyl (C=O) groups excluding carboxylic acids is 5. The van der Waals surface area contributed by atoms with E-state index < -0.39 is 29.6 Å². The van der Waals surface area contributed by atoms with E-state index in [1.54, 1.807) is 63.2 Å². The second-order valence-electron chi connectivity index (χ2n) is 15.3. The first kappa shape index (κ1) is 44.3. The third-order valence-electron chi connectivity index (χ3n) is 9.04. The molecule has 0 saturated carbocycles. The molecule has 2 aliphatic rings. The van der Waals surface area contributed by atoms with Gasteiger partial charge in [0.15, 0.2) is 0 Å². The molecule has 0 radical (unpaired) electrons. The van der Waals surface area contributed by atoms with E-state index in [9.17, 15) is 28.8 Å². The predicted molar refractivity (Wildman–Crippen MR) is 224 cm³/mol. The Morgan fingerprint density at radius 2 is 1.13 bits per heavy atom. The van der Waals surface area contributed by atoms with Crippen molar-refractivity contribution in [2.45, 2.75) is 90.2 Å². The maximum atomic E-state index is 12.4. The Balaban J connectivity index is 0.000000230. The summed E-state index contributed by atoms with van der Waals surface area (Å²) in [6.45, 7) is 5.94. The highest BCUT2D eigenvalue weighted by Crippen LogP contribution is 2.29. The highest BCUT2D eigenvalue weighted by molar-refractivity contribution is 6.00. The van der Waals surface area contributed by atoms with Crippen LogP contribution in [0.25, 0.3) is 0 Å². The van der Waals surface area contributed by atoms with Gasteiger partial charge < -0.3 is 52.1 Å². The van der Waals surface area contributed by atoms with Gasteiger partial charge in [0.25, 0.3) is 0 Å². The first-order chi connectivity index (χ1) is 28.5. The monoisotopic (exact) mass is 822 g/mol. The predicted octanol–water partition coefficient (Wildman–Crippen LogP) is 5.04. The zero-order chi connectivity index (χ0) is 43.4. The lowest BCUT2D eigenvalue weighted by Gasteiger charge is -2.20. The van der Waals surface area contributed by atoms with Crippen molar-refractivity contribution in [2.24, 2.45) is 11.5 Å². The molecular formula is C44H50N6O10.